The highest BCUT2D eigenvalue weighted by Crippen LogP contribution is 2.40. The first-order valence-corrected chi connectivity index (χ1v) is 9.24. The molecule has 1 aliphatic rings. The Morgan fingerprint density at radius 3 is 2.94 bits per heavy atom. The van der Waals surface area contributed by atoms with Crippen LogP contribution in [0.4, 0.5) is 0 Å². The summed E-state index contributed by atoms with van der Waals surface area (Å²) in [5, 5.41) is 9.01. The van der Waals surface area contributed by atoms with Crippen molar-refractivity contribution < 1.29 is 14.1 Å². The number of aliphatic carboxylic acids is 1. The van der Waals surface area contributed by atoms with Gasteiger partial charge in [-0.05, 0) is 36.0 Å². The Hall–Kier alpha value is -0.430. The van der Waals surface area contributed by atoms with E-state index >= 15 is 0 Å². The molecule has 0 spiro atoms. The first-order valence-electron chi connectivity index (χ1n) is 5.96. The van der Waals surface area contributed by atoms with Gasteiger partial charge in [0.25, 0.3) is 0 Å². The Bertz CT molecular complexity index is 420. The average molecular weight is 378 g/mol. The molecule has 1 unspecified atom stereocenters. The number of hydrogen-bond acceptors (Lipinski definition) is 3. The summed E-state index contributed by atoms with van der Waals surface area (Å²) in [6, 6.07) is 7.78. The van der Waals surface area contributed by atoms with Gasteiger partial charge in [0.05, 0.1) is 6.42 Å². The average Bonchev–Trinajstić information content (AvgIpc) is 3.12. The summed E-state index contributed by atoms with van der Waals surface area (Å²) in [4.78, 5) is 11.0. The molecule has 1 fully saturated rings. The van der Waals surface area contributed by atoms with Crippen molar-refractivity contribution in [2.75, 3.05) is 0 Å². The van der Waals surface area contributed by atoms with Gasteiger partial charge in [-0.1, -0.05) is 25.0 Å². The van der Waals surface area contributed by atoms with Gasteiger partial charge < -0.3 is 9.29 Å². The third-order valence-corrected chi connectivity index (χ3v) is 3.99. The summed E-state index contributed by atoms with van der Waals surface area (Å²) in [5.41, 5.74) is 1.08. The smallest absolute Gasteiger partial charge is 0.303 e. The van der Waals surface area contributed by atoms with Gasteiger partial charge in [0.15, 0.2) is 0 Å². The highest BCUT2D eigenvalue weighted by molar-refractivity contribution is 14.2. The Labute approximate surface area is 123 Å². The van der Waals surface area contributed by atoms with Crippen molar-refractivity contribution >= 4 is 36.4 Å². The topological polar surface area (TPSA) is 46.5 Å². The molecule has 1 aromatic rings. The molecule has 1 N–H and O–H groups in total. The van der Waals surface area contributed by atoms with Crippen molar-refractivity contribution in [1.29, 1.82) is 0 Å². The quantitative estimate of drug-likeness (QED) is 0.564. The van der Waals surface area contributed by atoms with Crippen LogP contribution in [-0.2, 0) is 4.79 Å². The predicted octanol–water partition coefficient (Wildman–Crippen LogP) is 4.42. The maximum atomic E-state index is 11.0. The molecule has 1 aliphatic carbocycles. The van der Waals surface area contributed by atoms with Crippen LogP contribution in [0.15, 0.2) is 24.3 Å². The zero-order chi connectivity index (χ0) is 13.0. The lowest BCUT2D eigenvalue weighted by Gasteiger charge is -2.15. The van der Waals surface area contributed by atoms with Crippen LogP contribution in [0.3, 0.4) is 0 Å². The highest BCUT2D eigenvalue weighted by atomic mass is 127. The summed E-state index contributed by atoms with van der Waals surface area (Å²) in [7, 11) is 1.27. The second-order valence-corrected chi connectivity index (χ2v) is 6.06. The zero-order valence-corrected chi connectivity index (χ0v) is 12.8. The fourth-order valence-electron chi connectivity index (χ4n) is 2.16. The molecule has 0 bridgehead atoms. The molecule has 0 amide bonds. The van der Waals surface area contributed by atoms with Crippen LogP contribution in [0.1, 0.15) is 37.2 Å². The number of rotatable bonds is 7. The largest absolute Gasteiger partial charge is 0.481 e. The Morgan fingerprint density at radius 2 is 2.33 bits per heavy atom. The summed E-state index contributed by atoms with van der Waals surface area (Å²) in [6.07, 6.45) is 3.68. The van der Waals surface area contributed by atoms with Gasteiger partial charge in [-0.15, -0.1) is 0 Å². The minimum Gasteiger partial charge on any atom is -0.481 e. The summed E-state index contributed by atoms with van der Waals surface area (Å²) >= 11 is 2.07. The molecule has 18 heavy (non-hydrogen) atoms. The van der Waals surface area contributed by atoms with Gasteiger partial charge >= 0.3 is 5.97 Å². The Balaban J connectivity index is 2.11. The molecule has 0 radical (unpaired) electrons. The van der Waals surface area contributed by atoms with Gasteiger partial charge in [0, 0.05) is 21.2 Å². The van der Waals surface area contributed by atoms with E-state index in [1.807, 2.05) is 24.3 Å². The van der Waals surface area contributed by atoms with Crippen molar-refractivity contribution in [3.05, 3.63) is 29.8 Å². The van der Waals surface area contributed by atoms with Gasteiger partial charge in [0.1, 0.15) is 15.0 Å². The van der Waals surface area contributed by atoms with Crippen LogP contribution in [0.2, 0.25) is 0 Å². The van der Waals surface area contributed by atoms with Crippen LogP contribution >= 0.6 is 30.4 Å². The van der Waals surface area contributed by atoms with E-state index < -0.39 is 5.97 Å². The van der Waals surface area contributed by atoms with Gasteiger partial charge in [-0.25, -0.2) is 0 Å². The molecule has 0 heterocycles. The number of halogens is 1. The van der Waals surface area contributed by atoms with Gasteiger partial charge in [-0.3, -0.25) is 4.79 Å². The van der Waals surface area contributed by atoms with Crippen molar-refractivity contribution in [2.24, 2.45) is 5.92 Å². The zero-order valence-electron chi connectivity index (χ0n) is 9.84. The lowest BCUT2D eigenvalue weighted by molar-refractivity contribution is -0.137. The maximum absolute atomic E-state index is 11.0. The van der Waals surface area contributed by atoms with Crippen molar-refractivity contribution in [3.63, 3.8) is 0 Å². The van der Waals surface area contributed by atoms with E-state index in [0.29, 0.717) is 0 Å². The minimum atomic E-state index is -0.727. The number of hydrogen-bond donors (Lipinski definition) is 1. The molecule has 5 heteroatoms. The van der Waals surface area contributed by atoms with E-state index in [2.05, 4.69) is 21.2 Å². The van der Waals surface area contributed by atoms with Crippen molar-refractivity contribution in [2.45, 2.75) is 31.6 Å². The summed E-state index contributed by atoms with van der Waals surface area (Å²) in [6.45, 7) is 0. The van der Waals surface area contributed by atoms with E-state index in [1.165, 1.54) is 22.1 Å². The standard InChI is InChI=1S/C13H15IO3S/c14-18-17-12-3-1-2-10(7-12)11(8-13(15)16)6-9-4-5-9/h1-3,7,9,11H,4-6,8H2,(H,15,16). The molecular weight excluding hydrogens is 363 g/mol. The Kier molecular flexibility index (Phi) is 5.17. The van der Waals surface area contributed by atoms with Crippen LogP contribution in [-0.4, -0.2) is 11.1 Å². The highest BCUT2D eigenvalue weighted by Gasteiger charge is 2.27. The van der Waals surface area contributed by atoms with E-state index in [1.54, 1.807) is 0 Å². The molecule has 1 aromatic carbocycles. The van der Waals surface area contributed by atoms with Crippen molar-refractivity contribution in [1.82, 2.24) is 0 Å². The SMILES string of the molecule is O=C(O)CC(CC1CC1)c1cccc(OSI)c1. The fourth-order valence-corrected chi connectivity index (χ4v) is 2.96. The predicted molar refractivity (Wildman–Crippen MR) is 81.0 cm³/mol. The summed E-state index contributed by atoms with van der Waals surface area (Å²) < 4.78 is 5.38. The third kappa shape index (κ3) is 4.35. The molecule has 1 atom stereocenters. The molecule has 0 aliphatic heterocycles. The molecule has 98 valence electrons. The van der Waals surface area contributed by atoms with Crippen molar-refractivity contribution in [3.8, 4) is 5.75 Å². The lowest BCUT2D eigenvalue weighted by Crippen LogP contribution is -2.07. The van der Waals surface area contributed by atoms with E-state index in [9.17, 15) is 4.79 Å². The first-order chi connectivity index (χ1) is 8.69. The number of carbonyl (C=O) groups is 1. The second-order valence-electron chi connectivity index (χ2n) is 4.69. The Morgan fingerprint density at radius 1 is 1.56 bits per heavy atom. The van der Waals surface area contributed by atoms with Crippen LogP contribution in [0.5, 0.6) is 5.75 Å². The van der Waals surface area contributed by atoms with Crippen LogP contribution < -0.4 is 4.18 Å². The molecular formula is C13H15IO3S. The van der Waals surface area contributed by atoms with E-state index in [-0.39, 0.29) is 12.3 Å². The second kappa shape index (κ2) is 6.65. The molecule has 0 aromatic heterocycles. The monoisotopic (exact) mass is 378 g/mol. The van der Waals surface area contributed by atoms with E-state index in [0.717, 1.165) is 23.7 Å². The number of benzene rings is 1. The first kappa shape index (κ1) is 14.0. The lowest BCUT2D eigenvalue weighted by atomic mass is 9.90. The molecule has 3 nitrogen and oxygen atoms in total. The molecule has 0 saturated heterocycles. The van der Waals surface area contributed by atoms with Gasteiger partial charge in [-0.2, -0.15) is 0 Å². The normalized spacial score (nSPS) is 16.3. The fraction of sp³-hybridized carbons (Fsp3) is 0.462. The molecule has 2 rings (SSSR count). The third-order valence-electron chi connectivity index (χ3n) is 3.19. The van der Waals surface area contributed by atoms with Gasteiger partial charge in [0.2, 0.25) is 0 Å². The van der Waals surface area contributed by atoms with Crippen LogP contribution in [0.25, 0.3) is 0 Å². The van der Waals surface area contributed by atoms with E-state index in [4.69, 9.17) is 9.29 Å². The number of carboxylic acid groups (broad SMARTS) is 1. The maximum Gasteiger partial charge on any atom is 0.303 e. The molecule has 1 saturated carbocycles. The number of carboxylic acids is 1. The van der Waals surface area contributed by atoms with Crippen LogP contribution in [0, 0.1) is 5.92 Å². The minimum absolute atomic E-state index is 0.109. The summed E-state index contributed by atoms with van der Waals surface area (Å²) in [5.74, 6) is 0.893.